The minimum absolute atomic E-state index is 0.0248. The van der Waals surface area contributed by atoms with E-state index in [1.807, 2.05) is 0 Å². The normalized spacial score (nSPS) is 15.9. The highest BCUT2D eigenvalue weighted by molar-refractivity contribution is 9.10. The van der Waals surface area contributed by atoms with Crippen LogP contribution in [0.5, 0.6) is 0 Å². The van der Waals surface area contributed by atoms with Gasteiger partial charge in [-0.05, 0) is 41.1 Å². The quantitative estimate of drug-likeness (QED) is 0.838. The smallest absolute Gasteiger partial charge is 0.283 e. The van der Waals surface area contributed by atoms with Crippen molar-refractivity contribution in [2.45, 2.75) is 38.8 Å². The van der Waals surface area contributed by atoms with Crippen molar-refractivity contribution in [2.24, 2.45) is 5.92 Å². The molecule has 2 heterocycles. The van der Waals surface area contributed by atoms with Gasteiger partial charge in [-0.1, -0.05) is 6.92 Å². The zero-order valence-electron chi connectivity index (χ0n) is 11.8. The molecular weight excluding hydrogens is 334 g/mol. The molecule has 0 bridgehead atoms. The number of nitrogens with one attached hydrogen (secondary N) is 2. The average Bonchev–Trinajstić information content (AvgIpc) is 3.14. The molecule has 1 atom stereocenters. The van der Waals surface area contributed by atoms with Gasteiger partial charge in [-0.3, -0.25) is 4.79 Å². The van der Waals surface area contributed by atoms with Gasteiger partial charge in [0.05, 0.1) is 17.9 Å². The molecule has 7 heteroatoms. The largest absolute Gasteiger partial charge is 0.373 e. The SMILES string of the molecule is CCC(Nc1cnn(CC2CC2)c(=O)c1Br)c1ncc[nH]1. The van der Waals surface area contributed by atoms with E-state index in [0.29, 0.717) is 22.6 Å². The maximum atomic E-state index is 12.3. The second-order valence-corrected chi connectivity index (χ2v) is 6.18. The van der Waals surface area contributed by atoms with Gasteiger partial charge in [-0.25, -0.2) is 9.67 Å². The monoisotopic (exact) mass is 351 g/mol. The molecule has 0 radical (unpaired) electrons. The molecule has 1 aliphatic rings. The van der Waals surface area contributed by atoms with Crippen molar-refractivity contribution in [2.75, 3.05) is 5.32 Å². The van der Waals surface area contributed by atoms with Gasteiger partial charge in [0, 0.05) is 18.9 Å². The summed E-state index contributed by atoms with van der Waals surface area (Å²) >= 11 is 3.40. The first kappa shape index (κ1) is 14.3. The minimum atomic E-state index is -0.0822. The summed E-state index contributed by atoms with van der Waals surface area (Å²) in [4.78, 5) is 19.7. The zero-order chi connectivity index (χ0) is 14.8. The van der Waals surface area contributed by atoms with Crippen molar-refractivity contribution in [1.29, 1.82) is 0 Å². The van der Waals surface area contributed by atoms with Gasteiger partial charge in [0.1, 0.15) is 10.3 Å². The summed E-state index contributed by atoms with van der Waals surface area (Å²) in [5, 5.41) is 7.59. The summed E-state index contributed by atoms with van der Waals surface area (Å²) in [6.45, 7) is 2.78. The highest BCUT2D eigenvalue weighted by atomic mass is 79.9. The molecule has 1 fully saturated rings. The Labute approximate surface area is 131 Å². The number of nitrogens with zero attached hydrogens (tertiary/aromatic N) is 3. The van der Waals surface area contributed by atoms with Crippen LogP contribution >= 0.6 is 15.9 Å². The first-order valence-corrected chi connectivity index (χ1v) is 7.99. The predicted octanol–water partition coefficient (Wildman–Crippen LogP) is 2.70. The molecule has 1 aliphatic carbocycles. The van der Waals surface area contributed by atoms with E-state index in [1.54, 1.807) is 23.3 Å². The fraction of sp³-hybridized carbons (Fsp3) is 0.500. The number of H-pyrrole nitrogens is 1. The first-order valence-electron chi connectivity index (χ1n) is 7.20. The molecule has 0 spiro atoms. The Bertz CT molecular complexity index is 662. The second kappa shape index (κ2) is 6.01. The molecule has 1 unspecified atom stereocenters. The van der Waals surface area contributed by atoms with Gasteiger partial charge < -0.3 is 10.3 Å². The fourth-order valence-electron chi connectivity index (χ4n) is 2.26. The molecule has 2 N–H and O–H groups in total. The van der Waals surface area contributed by atoms with Crippen molar-refractivity contribution >= 4 is 21.6 Å². The summed E-state index contributed by atoms with van der Waals surface area (Å²) < 4.78 is 2.07. The maximum absolute atomic E-state index is 12.3. The van der Waals surface area contributed by atoms with Crippen molar-refractivity contribution in [3.8, 4) is 0 Å². The number of hydrogen-bond acceptors (Lipinski definition) is 4. The molecule has 0 saturated heterocycles. The predicted molar refractivity (Wildman–Crippen MR) is 84.2 cm³/mol. The molecule has 1 saturated carbocycles. The third-order valence-corrected chi connectivity index (χ3v) is 4.47. The molecule has 6 nitrogen and oxygen atoms in total. The van der Waals surface area contributed by atoms with Crippen LogP contribution in [0.4, 0.5) is 5.69 Å². The van der Waals surface area contributed by atoms with Crippen LogP contribution in [0.1, 0.15) is 38.1 Å². The van der Waals surface area contributed by atoms with Gasteiger partial charge in [-0.15, -0.1) is 0 Å². The van der Waals surface area contributed by atoms with Gasteiger partial charge >= 0.3 is 0 Å². The lowest BCUT2D eigenvalue weighted by molar-refractivity contribution is 0.531. The number of hydrogen-bond donors (Lipinski definition) is 2. The molecule has 0 aromatic carbocycles. The zero-order valence-corrected chi connectivity index (χ0v) is 13.4. The van der Waals surface area contributed by atoms with E-state index >= 15 is 0 Å². The minimum Gasteiger partial charge on any atom is -0.373 e. The Hall–Kier alpha value is -1.63. The first-order chi connectivity index (χ1) is 10.2. The van der Waals surface area contributed by atoms with Crippen molar-refractivity contribution < 1.29 is 0 Å². The molecule has 0 amide bonds. The van der Waals surface area contributed by atoms with E-state index in [4.69, 9.17) is 0 Å². The van der Waals surface area contributed by atoms with E-state index in [-0.39, 0.29) is 11.6 Å². The van der Waals surface area contributed by atoms with Gasteiger partial charge in [0.25, 0.3) is 5.56 Å². The number of aromatic amines is 1. The van der Waals surface area contributed by atoms with Crippen LogP contribution in [0, 0.1) is 5.92 Å². The van der Waals surface area contributed by atoms with Crippen LogP contribution in [0.2, 0.25) is 0 Å². The summed E-state index contributed by atoms with van der Waals surface area (Å²) in [5.41, 5.74) is 0.622. The van der Waals surface area contributed by atoms with Crippen LogP contribution in [0.15, 0.2) is 27.9 Å². The summed E-state index contributed by atoms with van der Waals surface area (Å²) in [7, 11) is 0. The Morgan fingerprint density at radius 2 is 2.38 bits per heavy atom. The highest BCUT2D eigenvalue weighted by Gasteiger charge is 2.23. The summed E-state index contributed by atoms with van der Waals surface area (Å²) in [6.07, 6.45) is 8.47. The molecule has 2 aromatic rings. The summed E-state index contributed by atoms with van der Waals surface area (Å²) in [6, 6.07) is 0.0248. The lowest BCUT2D eigenvalue weighted by Crippen LogP contribution is -2.26. The molecule has 112 valence electrons. The highest BCUT2D eigenvalue weighted by Crippen LogP contribution is 2.30. The molecule has 21 heavy (non-hydrogen) atoms. The Balaban J connectivity index is 1.81. The topological polar surface area (TPSA) is 75.6 Å². The number of rotatable bonds is 6. The molecular formula is C14H18BrN5O. The number of aromatic nitrogens is 4. The van der Waals surface area contributed by atoms with Crippen LogP contribution in [-0.2, 0) is 6.54 Å². The second-order valence-electron chi connectivity index (χ2n) is 5.38. The standard InChI is InChI=1S/C14H18BrN5O/c1-2-10(13-16-5-6-17-13)19-11-7-18-20(8-9-3-4-9)14(21)12(11)15/h5-7,9-10,19H,2-4,8H2,1H3,(H,16,17). The lowest BCUT2D eigenvalue weighted by atomic mass is 10.2. The van der Waals surface area contributed by atoms with Crippen LogP contribution < -0.4 is 10.9 Å². The summed E-state index contributed by atoms with van der Waals surface area (Å²) in [5.74, 6) is 1.47. The number of imidazole rings is 1. The molecule has 3 rings (SSSR count). The third kappa shape index (κ3) is 3.18. The Morgan fingerprint density at radius 1 is 1.57 bits per heavy atom. The van der Waals surface area contributed by atoms with E-state index in [0.717, 1.165) is 12.2 Å². The maximum Gasteiger partial charge on any atom is 0.283 e. The van der Waals surface area contributed by atoms with Gasteiger partial charge in [0.15, 0.2) is 0 Å². The van der Waals surface area contributed by atoms with E-state index in [9.17, 15) is 4.79 Å². The molecule has 0 aliphatic heterocycles. The number of halogens is 1. The third-order valence-electron chi connectivity index (χ3n) is 3.70. The average molecular weight is 352 g/mol. The Morgan fingerprint density at radius 3 is 3.00 bits per heavy atom. The van der Waals surface area contributed by atoms with E-state index in [2.05, 4.69) is 43.2 Å². The lowest BCUT2D eigenvalue weighted by Gasteiger charge is -2.17. The van der Waals surface area contributed by atoms with Crippen molar-refractivity contribution in [1.82, 2.24) is 19.7 Å². The van der Waals surface area contributed by atoms with Crippen LogP contribution in [0.3, 0.4) is 0 Å². The van der Waals surface area contributed by atoms with Crippen molar-refractivity contribution in [3.63, 3.8) is 0 Å². The number of anilines is 1. The van der Waals surface area contributed by atoms with Gasteiger partial charge in [-0.2, -0.15) is 5.10 Å². The Kier molecular flexibility index (Phi) is 4.10. The van der Waals surface area contributed by atoms with Crippen LogP contribution in [0.25, 0.3) is 0 Å². The van der Waals surface area contributed by atoms with E-state index < -0.39 is 0 Å². The van der Waals surface area contributed by atoms with Gasteiger partial charge in [0.2, 0.25) is 0 Å². The van der Waals surface area contributed by atoms with Crippen LogP contribution in [-0.4, -0.2) is 19.7 Å². The molecule has 2 aromatic heterocycles. The van der Waals surface area contributed by atoms with Crippen molar-refractivity contribution in [3.05, 3.63) is 39.2 Å². The fourth-order valence-corrected chi connectivity index (χ4v) is 2.68. The van der Waals surface area contributed by atoms with E-state index in [1.165, 1.54) is 12.8 Å².